The Kier molecular flexibility index (Phi) is 3.70. The van der Waals surface area contributed by atoms with Crippen LogP contribution in [0.3, 0.4) is 0 Å². The van der Waals surface area contributed by atoms with Crippen molar-refractivity contribution in [1.82, 2.24) is 5.32 Å². The fraction of sp³-hybridized carbons (Fsp3) is 0.667. The molecule has 1 aliphatic carbocycles. The van der Waals surface area contributed by atoms with Crippen molar-refractivity contribution in [3.63, 3.8) is 0 Å². The van der Waals surface area contributed by atoms with Crippen molar-refractivity contribution >= 4 is 22.9 Å². The van der Waals surface area contributed by atoms with E-state index in [0.717, 1.165) is 22.7 Å². The first kappa shape index (κ1) is 11.4. The van der Waals surface area contributed by atoms with Crippen molar-refractivity contribution in [1.29, 1.82) is 0 Å². The summed E-state index contributed by atoms with van der Waals surface area (Å²) in [6, 6.07) is 2.49. The second-order valence-corrected chi connectivity index (χ2v) is 6.17. The van der Waals surface area contributed by atoms with Crippen molar-refractivity contribution in [3.8, 4) is 0 Å². The maximum atomic E-state index is 5.92. The maximum Gasteiger partial charge on any atom is 0.0931 e. The molecule has 0 aromatic carbocycles. The molecule has 0 aliphatic heterocycles. The summed E-state index contributed by atoms with van der Waals surface area (Å²) in [6.45, 7) is 5.68. The van der Waals surface area contributed by atoms with E-state index in [-0.39, 0.29) is 0 Å². The summed E-state index contributed by atoms with van der Waals surface area (Å²) in [7, 11) is 0. The van der Waals surface area contributed by atoms with Gasteiger partial charge in [0.1, 0.15) is 0 Å². The van der Waals surface area contributed by atoms with Crippen LogP contribution in [0.2, 0.25) is 4.34 Å². The Hall–Kier alpha value is -0.0500. The Morgan fingerprint density at radius 1 is 1.53 bits per heavy atom. The predicted octanol–water partition coefficient (Wildman–Crippen LogP) is 4.10. The van der Waals surface area contributed by atoms with Crippen LogP contribution in [0.4, 0.5) is 0 Å². The molecule has 1 nitrogen and oxygen atoms in total. The molecule has 2 rings (SSSR count). The molecule has 1 aromatic heterocycles. The molecule has 0 amide bonds. The molecule has 1 fully saturated rings. The van der Waals surface area contributed by atoms with Gasteiger partial charge < -0.3 is 5.32 Å². The minimum Gasteiger partial charge on any atom is -0.310 e. The highest BCUT2D eigenvalue weighted by atomic mass is 35.5. The quantitative estimate of drug-likeness (QED) is 0.821. The molecule has 0 saturated heterocycles. The van der Waals surface area contributed by atoms with E-state index in [1.165, 1.54) is 18.4 Å². The Bertz CT molecular complexity index is 319. The van der Waals surface area contributed by atoms with Crippen LogP contribution in [0.25, 0.3) is 0 Å². The summed E-state index contributed by atoms with van der Waals surface area (Å²) in [5, 5.41) is 5.72. The van der Waals surface area contributed by atoms with Crippen LogP contribution in [0.5, 0.6) is 0 Å². The zero-order chi connectivity index (χ0) is 10.8. The first-order chi connectivity index (χ1) is 7.16. The number of thiophene rings is 1. The minimum absolute atomic E-state index is 0.426. The lowest BCUT2D eigenvalue weighted by Crippen LogP contribution is -2.25. The second-order valence-electron chi connectivity index (χ2n) is 4.63. The van der Waals surface area contributed by atoms with Gasteiger partial charge in [0, 0.05) is 6.04 Å². The Morgan fingerprint density at radius 3 is 2.80 bits per heavy atom. The summed E-state index contributed by atoms with van der Waals surface area (Å²) in [6.07, 6.45) is 2.86. The van der Waals surface area contributed by atoms with Crippen LogP contribution >= 0.6 is 22.9 Å². The molecule has 1 aromatic rings. The monoisotopic (exact) mass is 243 g/mol. The zero-order valence-corrected chi connectivity index (χ0v) is 10.9. The average Bonchev–Trinajstić information content (AvgIpc) is 2.97. The maximum absolute atomic E-state index is 5.92. The van der Waals surface area contributed by atoms with Crippen LogP contribution in [0, 0.1) is 11.8 Å². The molecule has 84 valence electrons. The van der Waals surface area contributed by atoms with Gasteiger partial charge in [-0.3, -0.25) is 0 Å². The molecule has 1 heterocycles. The van der Waals surface area contributed by atoms with E-state index in [1.54, 1.807) is 11.3 Å². The molecule has 0 spiro atoms. The molecule has 3 heteroatoms. The fourth-order valence-electron chi connectivity index (χ4n) is 1.86. The second kappa shape index (κ2) is 4.86. The van der Waals surface area contributed by atoms with Gasteiger partial charge >= 0.3 is 0 Å². The normalized spacial score (nSPS) is 20.2. The number of nitrogens with one attached hydrogen (secondary N) is 1. The van der Waals surface area contributed by atoms with Gasteiger partial charge in [0.15, 0.2) is 0 Å². The van der Waals surface area contributed by atoms with E-state index in [9.17, 15) is 0 Å². The third kappa shape index (κ3) is 3.20. The van der Waals surface area contributed by atoms with E-state index in [4.69, 9.17) is 11.6 Å². The Labute approximate surface area is 101 Å². The van der Waals surface area contributed by atoms with Gasteiger partial charge in [0.2, 0.25) is 0 Å². The smallest absolute Gasteiger partial charge is 0.0931 e. The lowest BCUT2D eigenvalue weighted by molar-refractivity contribution is 0.432. The molecular weight excluding hydrogens is 226 g/mol. The van der Waals surface area contributed by atoms with Crippen LogP contribution in [-0.4, -0.2) is 6.54 Å². The topological polar surface area (TPSA) is 12.0 Å². The van der Waals surface area contributed by atoms with Crippen LogP contribution in [0.15, 0.2) is 11.4 Å². The molecule has 2 atom stereocenters. The predicted molar refractivity (Wildman–Crippen MR) is 67.6 cm³/mol. The minimum atomic E-state index is 0.426. The van der Waals surface area contributed by atoms with Crippen molar-refractivity contribution < 1.29 is 0 Å². The van der Waals surface area contributed by atoms with Gasteiger partial charge in [0.05, 0.1) is 4.34 Å². The summed E-state index contributed by atoms with van der Waals surface area (Å²) >= 11 is 7.53. The molecule has 0 radical (unpaired) electrons. The highest BCUT2D eigenvalue weighted by molar-refractivity contribution is 7.14. The highest BCUT2D eigenvalue weighted by Crippen LogP contribution is 2.36. The van der Waals surface area contributed by atoms with E-state index in [2.05, 4.69) is 30.6 Å². The SMILES string of the molecule is CC(NCC(C)C1CC1)c1csc(Cl)c1. The van der Waals surface area contributed by atoms with Crippen molar-refractivity contribution in [2.75, 3.05) is 6.54 Å². The zero-order valence-electron chi connectivity index (χ0n) is 9.29. The Balaban J connectivity index is 1.78. The number of halogens is 1. The van der Waals surface area contributed by atoms with Gasteiger partial charge in [-0.05, 0) is 55.2 Å². The first-order valence-corrected chi connectivity index (χ1v) is 6.90. The van der Waals surface area contributed by atoms with Gasteiger partial charge in [-0.15, -0.1) is 11.3 Å². The lowest BCUT2D eigenvalue weighted by Gasteiger charge is -2.16. The summed E-state index contributed by atoms with van der Waals surface area (Å²) < 4.78 is 0.883. The van der Waals surface area contributed by atoms with E-state index < -0.39 is 0 Å². The van der Waals surface area contributed by atoms with Crippen molar-refractivity contribution in [2.45, 2.75) is 32.7 Å². The molecule has 0 bridgehead atoms. The summed E-state index contributed by atoms with van der Waals surface area (Å²) in [5.41, 5.74) is 1.31. The summed E-state index contributed by atoms with van der Waals surface area (Å²) in [4.78, 5) is 0. The van der Waals surface area contributed by atoms with Crippen LogP contribution in [0.1, 0.15) is 38.3 Å². The van der Waals surface area contributed by atoms with Gasteiger partial charge in [0.25, 0.3) is 0 Å². The van der Waals surface area contributed by atoms with E-state index in [0.29, 0.717) is 6.04 Å². The standard InChI is InChI=1S/C12H18ClNS/c1-8(10-3-4-10)6-14-9(2)11-5-12(13)15-7-11/h5,7-10,14H,3-4,6H2,1-2H3. The Morgan fingerprint density at radius 2 is 2.27 bits per heavy atom. The van der Waals surface area contributed by atoms with Gasteiger partial charge in [-0.25, -0.2) is 0 Å². The lowest BCUT2D eigenvalue weighted by atomic mass is 10.1. The van der Waals surface area contributed by atoms with Crippen molar-refractivity contribution in [3.05, 3.63) is 21.3 Å². The third-order valence-electron chi connectivity index (χ3n) is 3.26. The van der Waals surface area contributed by atoms with Crippen LogP contribution < -0.4 is 5.32 Å². The largest absolute Gasteiger partial charge is 0.310 e. The number of hydrogen-bond acceptors (Lipinski definition) is 2. The fourth-order valence-corrected chi connectivity index (χ4v) is 2.85. The molecule has 1 saturated carbocycles. The molecule has 1 N–H and O–H groups in total. The van der Waals surface area contributed by atoms with Gasteiger partial charge in [-0.2, -0.15) is 0 Å². The third-order valence-corrected chi connectivity index (χ3v) is 4.37. The average molecular weight is 244 g/mol. The number of hydrogen-bond donors (Lipinski definition) is 1. The van der Waals surface area contributed by atoms with E-state index >= 15 is 0 Å². The summed E-state index contributed by atoms with van der Waals surface area (Å²) in [5.74, 6) is 1.80. The molecule has 2 unspecified atom stereocenters. The highest BCUT2D eigenvalue weighted by Gasteiger charge is 2.27. The molecule has 1 aliphatic rings. The van der Waals surface area contributed by atoms with Crippen LogP contribution in [-0.2, 0) is 0 Å². The van der Waals surface area contributed by atoms with Crippen molar-refractivity contribution in [2.24, 2.45) is 11.8 Å². The van der Waals surface area contributed by atoms with Gasteiger partial charge in [-0.1, -0.05) is 18.5 Å². The molecule has 15 heavy (non-hydrogen) atoms. The number of rotatable bonds is 5. The molecular formula is C12H18ClNS. The van der Waals surface area contributed by atoms with E-state index in [1.807, 2.05) is 0 Å². The first-order valence-electron chi connectivity index (χ1n) is 5.64.